The van der Waals surface area contributed by atoms with Crippen molar-refractivity contribution in [3.63, 3.8) is 0 Å². The fourth-order valence-electron chi connectivity index (χ4n) is 5.96. The van der Waals surface area contributed by atoms with Crippen LogP contribution in [-0.4, -0.2) is 47.6 Å². The molecule has 0 spiro atoms. The van der Waals surface area contributed by atoms with Gasteiger partial charge in [-0.1, -0.05) is 60.7 Å². The van der Waals surface area contributed by atoms with Gasteiger partial charge in [-0.3, -0.25) is 19.3 Å². The molecule has 1 N–H and O–H groups in total. The fourth-order valence-corrected chi connectivity index (χ4v) is 8.10. The van der Waals surface area contributed by atoms with E-state index in [2.05, 4.69) is 9.97 Å². The summed E-state index contributed by atoms with van der Waals surface area (Å²) >= 11 is 1.13. The first kappa shape index (κ1) is 35.3. The van der Waals surface area contributed by atoms with Crippen molar-refractivity contribution >= 4 is 18.6 Å². The number of pyridine rings is 1. The molecule has 1 aliphatic rings. The molecule has 0 saturated carbocycles. The molecule has 3 heterocycles. The van der Waals surface area contributed by atoms with E-state index in [-0.39, 0.29) is 13.0 Å². The monoisotopic (exact) mass is 714 g/mol. The van der Waals surface area contributed by atoms with Crippen molar-refractivity contribution in [3.8, 4) is 11.5 Å². The lowest BCUT2D eigenvalue weighted by molar-refractivity contribution is -0.0908. The van der Waals surface area contributed by atoms with Gasteiger partial charge < -0.3 is 18.9 Å². The Morgan fingerprint density at radius 1 is 0.900 bits per heavy atom. The van der Waals surface area contributed by atoms with Gasteiger partial charge in [0.05, 0.1) is 32.3 Å². The van der Waals surface area contributed by atoms with Gasteiger partial charge in [-0.15, -0.1) is 4.52 Å². The van der Waals surface area contributed by atoms with E-state index in [0.29, 0.717) is 22.8 Å². The second kappa shape index (κ2) is 16.0. The second-order valence-corrected chi connectivity index (χ2v) is 14.5. The highest BCUT2D eigenvalue weighted by Gasteiger charge is 2.46. The van der Waals surface area contributed by atoms with Crippen molar-refractivity contribution in [1.29, 1.82) is 0 Å². The number of aromatic nitrogens is 3. The maximum Gasteiger partial charge on any atom is 0.586 e. The topological polar surface area (TPSA) is 131 Å². The van der Waals surface area contributed by atoms with Gasteiger partial charge in [-0.2, -0.15) is 0 Å². The van der Waals surface area contributed by atoms with E-state index >= 15 is 0 Å². The van der Waals surface area contributed by atoms with Gasteiger partial charge in [0.25, 0.3) is 5.56 Å². The molecule has 0 aliphatic carbocycles. The first-order valence-corrected chi connectivity index (χ1v) is 18.7. The molecule has 1 unspecified atom stereocenters. The Bertz CT molecular complexity index is 1960. The molecule has 5 aromatic rings. The Kier molecular flexibility index (Phi) is 11.3. The molecule has 0 bridgehead atoms. The molecule has 50 heavy (non-hydrogen) atoms. The maximum atomic E-state index is 13.3. The number of nitrogens with one attached hydrogen (secondary N) is 1. The minimum Gasteiger partial charge on any atom is -0.497 e. The zero-order valence-corrected chi connectivity index (χ0v) is 29.5. The third kappa shape index (κ3) is 7.75. The van der Waals surface area contributed by atoms with Crippen LogP contribution < -0.4 is 20.7 Å². The molecule has 2 aromatic heterocycles. The molecule has 1 fully saturated rings. The number of aryl methyl sites for hydroxylation is 1. The van der Waals surface area contributed by atoms with Crippen LogP contribution in [0.3, 0.4) is 0 Å². The van der Waals surface area contributed by atoms with Crippen LogP contribution in [0.15, 0.2) is 119 Å². The standard InChI is InChI=1S/C37H36N3O8PS/c1-25-22-40(36(42)39-35(25)41)34-21-32(48-49(43)50-24-29-11-7-8-20-38-29)33(47-34)23-46-37(26-9-5-4-6-10-26,27-12-16-30(44-2)17-13-27)28-14-18-31(45-3)19-15-28/h4-20,22,32-34H,21,23-24H2,1-3H3/p+1/t32-,33+,34+/m0/s1. The van der Waals surface area contributed by atoms with Gasteiger partial charge in [-0.25, -0.2) is 4.79 Å². The van der Waals surface area contributed by atoms with Crippen LogP contribution in [0.2, 0.25) is 0 Å². The quantitative estimate of drug-likeness (QED) is 0.100. The summed E-state index contributed by atoms with van der Waals surface area (Å²) in [7, 11) is 1.01. The highest BCUT2D eigenvalue weighted by atomic mass is 32.7. The van der Waals surface area contributed by atoms with E-state index in [9.17, 15) is 14.2 Å². The zero-order chi connectivity index (χ0) is 35.1. The summed E-state index contributed by atoms with van der Waals surface area (Å²) in [4.78, 5) is 31.7. The molecular weight excluding hydrogens is 677 g/mol. The summed E-state index contributed by atoms with van der Waals surface area (Å²) < 4.78 is 45.3. The lowest BCUT2D eigenvalue weighted by atomic mass is 9.80. The third-order valence-electron chi connectivity index (χ3n) is 8.54. The first-order chi connectivity index (χ1) is 24.3. The molecule has 3 aromatic carbocycles. The van der Waals surface area contributed by atoms with E-state index in [1.807, 2.05) is 97.1 Å². The third-order valence-corrected chi connectivity index (χ3v) is 10.9. The van der Waals surface area contributed by atoms with Gasteiger partial charge in [0.2, 0.25) is 0 Å². The smallest absolute Gasteiger partial charge is 0.497 e. The first-order valence-electron chi connectivity index (χ1n) is 15.9. The van der Waals surface area contributed by atoms with Crippen LogP contribution in [0.4, 0.5) is 0 Å². The van der Waals surface area contributed by atoms with Gasteiger partial charge in [-0.05, 0) is 64.6 Å². The van der Waals surface area contributed by atoms with Crippen molar-refractivity contribution in [2.24, 2.45) is 0 Å². The SMILES string of the molecule is COc1ccc(C(OC[C@H]2O[C@@H](n3cc(C)c(=O)[nH]c3=O)C[C@@H]2O[P+](=O)SCc2ccccn2)(c2ccccc2)c2ccc(OC)cc2)cc1. The van der Waals surface area contributed by atoms with E-state index in [0.717, 1.165) is 33.8 Å². The summed E-state index contributed by atoms with van der Waals surface area (Å²) in [5, 5.41) is 0. The van der Waals surface area contributed by atoms with Crippen molar-refractivity contribution in [2.75, 3.05) is 20.8 Å². The maximum absolute atomic E-state index is 13.3. The number of methoxy groups -OCH3 is 2. The molecular formula is C37H37N3O8PS+. The molecule has 11 nitrogen and oxygen atoms in total. The summed E-state index contributed by atoms with van der Waals surface area (Å²) in [5.74, 6) is 1.77. The molecule has 258 valence electrons. The van der Waals surface area contributed by atoms with E-state index in [1.54, 1.807) is 27.3 Å². The lowest BCUT2D eigenvalue weighted by Crippen LogP contribution is -2.38. The predicted molar refractivity (Wildman–Crippen MR) is 191 cm³/mol. The minimum atomic E-state index is -2.21. The van der Waals surface area contributed by atoms with Gasteiger partial charge in [0.1, 0.15) is 35.5 Å². The number of ether oxygens (including phenoxy) is 4. The van der Waals surface area contributed by atoms with Crippen molar-refractivity contribution in [1.82, 2.24) is 14.5 Å². The van der Waals surface area contributed by atoms with Crippen molar-refractivity contribution < 1.29 is 28.0 Å². The highest BCUT2D eigenvalue weighted by molar-refractivity contribution is 8.49. The van der Waals surface area contributed by atoms with Crippen molar-refractivity contribution in [3.05, 3.63) is 158 Å². The molecule has 1 saturated heterocycles. The van der Waals surface area contributed by atoms with E-state index < -0.39 is 42.5 Å². The highest BCUT2D eigenvalue weighted by Crippen LogP contribution is 2.47. The molecule has 4 atom stereocenters. The summed E-state index contributed by atoms with van der Waals surface area (Å²) in [6, 6.07) is 30.7. The average molecular weight is 715 g/mol. The normalized spacial score (nSPS) is 17.7. The molecule has 0 amide bonds. The van der Waals surface area contributed by atoms with Crippen LogP contribution in [0.25, 0.3) is 0 Å². The summed E-state index contributed by atoms with van der Waals surface area (Å²) in [6.07, 6.45) is 1.04. The lowest BCUT2D eigenvalue weighted by Gasteiger charge is -2.37. The fraction of sp³-hybridized carbons (Fsp3) is 0.270. The van der Waals surface area contributed by atoms with Crippen LogP contribution >= 0.6 is 18.6 Å². The van der Waals surface area contributed by atoms with Crippen LogP contribution in [0, 0.1) is 6.92 Å². The van der Waals surface area contributed by atoms with Gasteiger partial charge in [0.15, 0.2) is 11.4 Å². The number of nitrogens with zero attached hydrogens (tertiary/aromatic N) is 2. The number of H-pyrrole nitrogens is 1. The molecule has 0 radical (unpaired) electrons. The van der Waals surface area contributed by atoms with E-state index in [1.165, 1.54) is 10.8 Å². The average Bonchev–Trinajstić information content (AvgIpc) is 3.55. The molecule has 6 rings (SSSR count). The predicted octanol–water partition coefficient (Wildman–Crippen LogP) is 6.53. The Morgan fingerprint density at radius 3 is 2.12 bits per heavy atom. The largest absolute Gasteiger partial charge is 0.586 e. The van der Waals surface area contributed by atoms with Gasteiger partial charge >= 0.3 is 12.9 Å². The Labute approximate surface area is 294 Å². The number of hydrogen-bond acceptors (Lipinski definition) is 10. The Hall–Kier alpha value is -4.58. The summed E-state index contributed by atoms with van der Waals surface area (Å²) in [5.41, 5.74) is 1.39. The molecule has 1 aliphatic heterocycles. The molecule has 13 heteroatoms. The van der Waals surface area contributed by atoms with Crippen molar-refractivity contribution in [2.45, 2.75) is 43.1 Å². The number of benzene rings is 3. The number of hydrogen-bond donors (Lipinski definition) is 1. The van der Waals surface area contributed by atoms with Crippen LogP contribution in [0.5, 0.6) is 11.5 Å². The second-order valence-electron chi connectivity index (χ2n) is 11.6. The number of rotatable bonds is 14. The Morgan fingerprint density at radius 2 is 1.52 bits per heavy atom. The van der Waals surface area contributed by atoms with Gasteiger partial charge in [0, 0.05) is 24.4 Å². The van der Waals surface area contributed by atoms with Crippen LogP contribution in [-0.2, 0) is 29.9 Å². The summed E-state index contributed by atoms with van der Waals surface area (Å²) in [6.45, 7) is 1.60. The minimum absolute atomic E-state index is 0.0146. The number of aromatic amines is 1. The zero-order valence-electron chi connectivity index (χ0n) is 27.8. The van der Waals surface area contributed by atoms with Crippen LogP contribution in [0.1, 0.15) is 40.6 Å². The Balaban J connectivity index is 1.36. The van der Waals surface area contributed by atoms with E-state index in [4.69, 9.17) is 23.5 Å².